The molecule has 6 nitrogen and oxygen atoms in total. The first-order chi connectivity index (χ1) is 13.6. The standard InChI is InChI=1S/C22H31N2O4S/c1-21(2,3)28-20(25)24-17(15-27-22(24,4)5)18(19-23(6)12-13-29-19)26-14-16-10-8-7-9-11-16/h7-13,17-18H,14-15H2,1-6H3/q+1/t17-,18+/m0/s1. The number of hydrogen-bond donors (Lipinski definition) is 0. The van der Waals surface area contributed by atoms with E-state index in [0.717, 1.165) is 10.6 Å². The molecule has 2 atom stereocenters. The monoisotopic (exact) mass is 419 g/mol. The highest BCUT2D eigenvalue weighted by Crippen LogP contribution is 2.37. The van der Waals surface area contributed by atoms with Gasteiger partial charge in [-0.1, -0.05) is 41.7 Å². The van der Waals surface area contributed by atoms with Crippen molar-refractivity contribution >= 4 is 17.4 Å². The highest BCUT2D eigenvalue weighted by molar-refractivity contribution is 7.09. The summed E-state index contributed by atoms with van der Waals surface area (Å²) >= 11 is 1.61. The van der Waals surface area contributed by atoms with Gasteiger partial charge in [-0.3, -0.25) is 4.90 Å². The summed E-state index contributed by atoms with van der Waals surface area (Å²) in [6.45, 7) is 10.2. The Morgan fingerprint density at radius 2 is 2.03 bits per heavy atom. The molecule has 0 spiro atoms. The van der Waals surface area contributed by atoms with Crippen molar-refractivity contribution in [1.29, 1.82) is 0 Å². The minimum absolute atomic E-state index is 0.298. The number of nitrogens with zero attached hydrogens (tertiary/aromatic N) is 2. The van der Waals surface area contributed by atoms with Crippen LogP contribution in [0.5, 0.6) is 0 Å². The fourth-order valence-corrected chi connectivity index (χ4v) is 4.41. The molecule has 0 radical (unpaired) electrons. The lowest BCUT2D eigenvalue weighted by Gasteiger charge is -2.36. The third-order valence-electron chi connectivity index (χ3n) is 4.80. The largest absolute Gasteiger partial charge is 0.444 e. The molecule has 0 saturated carbocycles. The molecule has 29 heavy (non-hydrogen) atoms. The highest BCUT2D eigenvalue weighted by atomic mass is 32.1. The van der Waals surface area contributed by atoms with E-state index in [2.05, 4.69) is 0 Å². The van der Waals surface area contributed by atoms with Crippen LogP contribution >= 0.6 is 11.3 Å². The quantitative estimate of drug-likeness (QED) is 0.682. The molecule has 1 amide bonds. The van der Waals surface area contributed by atoms with Crippen LogP contribution in [0, 0.1) is 0 Å². The molecule has 0 N–H and O–H groups in total. The summed E-state index contributed by atoms with van der Waals surface area (Å²) in [4.78, 5) is 14.8. The Morgan fingerprint density at radius 3 is 2.62 bits per heavy atom. The topological polar surface area (TPSA) is 51.9 Å². The Balaban J connectivity index is 1.90. The number of aromatic nitrogens is 1. The third-order valence-corrected chi connectivity index (χ3v) is 5.82. The number of hydrogen-bond acceptors (Lipinski definition) is 5. The molecule has 2 aromatic rings. The van der Waals surface area contributed by atoms with Crippen LogP contribution in [0.3, 0.4) is 0 Å². The average molecular weight is 420 g/mol. The molecule has 1 fully saturated rings. The smallest absolute Gasteiger partial charge is 0.413 e. The summed E-state index contributed by atoms with van der Waals surface area (Å²) in [7, 11) is 1.99. The Kier molecular flexibility index (Phi) is 6.31. The van der Waals surface area contributed by atoms with Crippen molar-refractivity contribution < 1.29 is 23.6 Å². The molecular weight excluding hydrogens is 388 g/mol. The summed E-state index contributed by atoms with van der Waals surface area (Å²) in [5.41, 5.74) is -0.287. The van der Waals surface area contributed by atoms with E-state index in [0.29, 0.717) is 13.2 Å². The second kappa shape index (κ2) is 8.42. The number of amides is 1. The fraction of sp³-hybridized carbons (Fsp3) is 0.545. The molecular formula is C22H31N2O4S+. The number of rotatable bonds is 5. The summed E-state index contributed by atoms with van der Waals surface area (Å²) in [6, 6.07) is 9.74. The normalized spacial score (nSPS) is 19.9. The van der Waals surface area contributed by atoms with Gasteiger partial charge >= 0.3 is 6.09 Å². The van der Waals surface area contributed by atoms with Crippen LogP contribution in [0.2, 0.25) is 0 Å². The first-order valence-electron chi connectivity index (χ1n) is 9.83. The molecule has 1 saturated heterocycles. The van der Waals surface area contributed by atoms with Crippen molar-refractivity contribution in [2.24, 2.45) is 7.05 Å². The molecule has 0 aliphatic carbocycles. The van der Waals surface area contributed by atoms with Crippen molar-refractivity contribution in [1.82, 2.24) is 4.90 Å². The lowest BCUT2D eigenvalue weighted by atomic mass is 10.1. The maximum absolute atomic E-state index is 13.1. The number of carbonyl (C=O) groups excluding carboxylic acids is 1. The first kappa shape index (κ1) is 21.7. The zero-order valence-corrected chi connectivity index (χ0v) is 18.9. The van der Waals surface area contributed by atoms with E-state index in [1.807, 2.05) is 88.1 Å². The predicted molar refractivity (Wildman–Crippen MR) is 111 cm³/mol. The number of thiazole rings is 1. The maximum Gasteiger partial charge on any atom is 0.413 e. The van der Waals surface area contributed by atoms with Gasteiger partial charge in [0.15, 0.2) is 12.3 Å². The Bertz CT molecular complexity index is 829. The van der Waals surface area contributed by atoms with E-state index in [4.69, 9.17) is 14.2 Å². The van der Waals surface area contributed by atoms with E-state index in [-0.39, 0.29) is 12.1 Å². The van der Waals surface area contributed by atoms with Crippen LogP contribution < -0.4 is 4.57 Å². The number of carbonyl (C=O) groups is 1. The molecule has 2 heterocycles. The van der Waals surface area contributed by atoms with Crippen LogP contribution in [0.25, 0.3) is 0 Å². The van der Waals surface area contributed by atoms with Gasteiger partial charge in [0.25, 0.3) is 5.01 Å². The Hall–Kier alpha value is -1.96. The first-order valence-corrected chi connectivity index (χ1v) is 10.7. The van der Waals surface area contributed by atoms with E-state index >= 15 is 0 Å². The number of benzene rings is 1. The minimum Gasteiger partial charge on any atom is -0.444 e. The van der Waals surface area contributed by atoms with E-state index in [9.17, 15) is 4.79 Å². The molecule has 1 aliphatic heterocycles. The Labute approximate surface area is 177 Å². The van der Waals surface area contributed by atoms with Gasteiger partial charge in [-0.15, -0.1) is 0 Å². The van der Waals surface area contributed by atoms with Crippen molar-refractivity contribution in [2.45, 2.75) is 64.7 Å². The molecule has 7 heteroatoms. The van der Waals surface area contributed by atoms with Gasteiger partial charge in [0.1, 0.15) is 18.4 Å². The highest BCUT2D eigenvalue weighted by Gasteiger charge is 2.51. The molecule has 1 aliphatic rings. The minimum atomic E-state index is -0.781. The van der Waals surface area contributed by atoms with Gasteiger partial charge in [0.05, 0.1) is 24.6 Å². The van der Waals surface area contributed by atoms with Crippen LogP contribution in [-0.4, -0.2) is 35.0 Å². The zero-order chi connectivity index (χ0) is 21.2. The summed E-state index contributed by atoms with van der Waals surface area (Å²) in [5.74, 6) is 0. The van der Waals surface area contributed by atoms with Crippen molar-refractivity contribution in [3.63, 3.8) is 0 Å². The van der Waals surface area contributed by atoms with E-state index in [1.54, 1.807) is 16.2 Å². The van der Waals surface area contributed by atoms with Crippen LogP contribution in [0.1, 0.15) is 51.3 Å². The molecule has 0 unspecified atom stereocenters. The maximum atomic E-state index is 13.1. The van der Waals surface area contributed by atoms with Gasteiger partial charge in [-0.2, -0.15) is 4.57 Å². The van der Waals surface area contributed by atoms with Crippen LogP contribution in [-0.2, 0) is 27.9 Å². The lowest BCUT2D eigenvalue weighted by Crippen LogP contribution is -2.52. The van der Waals surface area contributed by atoms with Gasteiger partial charge in [0, 0.05) is 0 Å². The Morgan fingerprint density at radius 1 is 1.34 bits per heavy atom. The fourth-order valence-electron chi connectivity index (χ4n) is 3.44. The van der Waals surface area contributed by atoms with Gasteiger partial charge in [0.2, 0.25) is 0 Å². The van der Waals surface area contributed by atoms with E-state index in [1.165, 1.54) is 0 Å². The van der Waals surface area contributed by atoms with E-state index < -0.39 is 17.4 Å². The van der Waals surface area contributed by atoms with Crippen LogP contribution in [0.4, 0.5) is 4.79 Å². The number of aryl methyl sites for hydroxylation is 1. The third kappa shape index (κ3) is 5.15. The summed E-state index contributed by atoms with van der Waals surface area (Å²) in [6.07, 6.45) is 1.27. The van der Waals surface area contributed by atoms with Crippen molar-refractivity contribution in [3.05, 3.63) is 52.5 Å². The van der Waals surface area contributed by atoms with Gasteiger partial charge in [-0.25, -0.2) is 4.79 Å². The zero-order valence-electron chi connectivity index (χ0n) is 18.0. The van der Waals surface area contributed by atoms with Crippen LogP contribution in [0.15, 0.2) is 41.9 Å². The lowest BCUT2D eigenvalue weighted by molar-refractivity contribution is -0.678. The second-order valence-corrected chi connectivity index (χ2v) is 9.67. The van der Waals surface area contributed by atoms with Crippen molar-refractivity contribution in [3.8, 4) is 0 Å². The molecule has 0 bridgehead atoms. The predicted octanol–water partition coefficient (Wildman–Crippen LogP) is 4.20. The molecule has 1 aromatic carbocycles. The summed E-state index contributed by atoms with van der Waals surface area (Å²) < 4.78 is 20.2. The average Bonchev–Trinajstić information content (AvgIpc) is 3.18. The summed E-state index contributed by atoms with van der Waals surface area (Å²) in [5, 5.41) is 3.05. The molecule has 1 aromatic heterocycles. The molecule has 158 valence electrons. The number of ether oxygens (including phenoxy) is 3. The van der Waals surface area contributed by atoms with Gasteiger partial charge in [-0.05, 0) is 40.2 Å². The molecule has 3 rings (SSSR count). The SMILES string of the molecule is C[n+]1ccsc1[C@H](OCc1ccccc1)[C@@H]1COC(C)(C)N1C(=O)OC(C)(C)C. The van der Waals surface area contributed by atoms with Crippen molar-refractivity contribution in [2.75, 3.05) is 6.61 Å². The van der Waals surface area contributed by atoms with Gasteiger partial charge < -0.3 is 14.2 Å². The second-order valence-electron chi connectivity index (χ2n) is 8.74.